The van der Waals surface area contributed by atoms with Crippen molar-refractivity contribution in [2.75, 3.05) is 5.32 Å². The zero-order valence-electron chi connectivity index (χ0n) is 10.5. The minimum absolute atomic E-state index is 1.29. The van der Waals surface area contributed by atoms with Gasteiger partial charge in [-0.1, -0.05) is 43.4 Å². The third-order valence-electron chi connectivity index (χ3n) is 3.72. The van der Waals surface area contributed by atoms with Crippen LogP contribution in [0.25, 0.3) is 0 Å². The summed E-state index contributed by atoms with van der Waals surface area (Å²) < 4.78 is 0. The van der Waals surface area contributed by atoms with E-state index in [2.05, 4.69) is 67.8 Å². The third kappa shape index (κ3) is 1.52. The van der Waals surface area contributed by atoms with Gasteiger partial charge >= 0.3 is 0 Å². The first kappa shape index (κ1) is 10.6. The van der Waals surface area contributed by atoms with Crippen LogP contribution < -0.4 is 15.7 Å². The monoisotopic (exact) mass is 239 g/mol. The Morgan fingerprint density at radius 3 is 2.41 bits per heavy atom. The predicted octanol–water partition coefficient (Wildman–Crippen LogP) is 2.87. The number of nitrogens with one attached hydrogen (secondary N) is 1. The van der Waals surface area contributed by atoms with Crippen LogP contribution in [0.4, 0.5) is 11.4 Å². The topological polar surface area (TPSA) is 12.0 Å². The maximum atomic E-state index is 3.57. The van der Waals surface area contributed by atoms with Crippen molar-refractivity contribution in [1.29, 1.82) is 0 Å². The fourth-order valence-corrected chi connectivity index (χ4v) is 5.66. The molecule has 1 aliphatic rings. The molecule has 0 fully saturated rings. The number of fused-ring (bicyclic) bond motifs is 2. The molecule has 17 heavy (non-hydrogen) atoms. The van der Waals surface area contributed by atoms with Gasteiger partial charge < -0.3 is 5.32 Å². The first-order valence-corrected chi connectivity index (χ1v) is 9.07. The summed E-state index contributed by atoms with van der Waals surface area (Å²) >= 11 is 0. The molecular formula is C15H17NSi. The second kappa shape index (κ2) is 3.47. The lowest BCUT2D eigenvalue weighted by molar-refractivity contribution is 1.45. The van der Waals surface area contributed by atoms with Gasteiger partial charge in [-0.25, -0.2) is 0 Å². The molecule has 0 unspecified atom stereocenters. The smallest absolute Gasteiger partial charge is 0.117 e. The molecule has 0 spiro atoms. The lowest BCUT2D eigenvalue weighted by Gasteiger charge is -2.34. The molecule has 0 aromatic heterocycles. The molecule has 0 radical (unpaired) electrons. The van der Waals surface area contributed by atoms with Gasteiger partial charge in [-0.15, -0.1) is 0 Å². The first-order chi connectivity index (χ1) is 8.09. The van der Waals surface area contributed by atoms with Crippen molar-refractivity contribution < 1.29 is 0 Å². The van der Waals surface area contributed by atoms with Gasteiger partial charge in [0, 0.05) is 11.4 Å². The first-order valence-electron chi connectivity index (χ1n) is 6.07. The van der Waals surface area contributed by atoms with Crippen molar-refractivity contribution in [3.05, 3.63) is 48.0 Å². The van der Waals surface area contributed by atoms with Crippen LogP contribution in [0.5, 0.6) is 0 Å². The molecule has 86 valence electrons. The van der Waals surface area contributed by atoms with Crippen molar-refractivity contribution in [3.8, 4) is 0 Å². The van der Waals surface area contributed by atoms with E-state index in [0.717, 1.165) is 0 Å². The van der Waals surface area contributed by atoms with Crippen LogP contribution in [-0.4, -0.2) is 8.07 Å². The van der Waals surface area contributed by atoms with E-state index in [4.69, 9.17) is 0 Å². The molecule has 0 atom stereocenters. The summed E-state index contributed by atoms with van der Waals surface area (Å²) in [5.74, 6) is 0. The zero-order chi connectivity index (χ0) is 12.0. The largest absolute Gasteiger partial charge is 0.356 e. The summed E-state index contributed by atoms with van der Waals surface area (Å²) in [4.78, 5) is 0. The van der Waals surface area contributed by atoms with E-state index in [9.17, 15) is 0 Å². The number of para-hydroxylation sites is 1. The van der Waals surface area contributed by atoms with Crippen molar-refractivity contribution in [2.24, 2.45) is 0 Å². The number of rotatable bonds is 0. The van der Waals surface area contributed by atoms with Crippen LogP contribution in [0.15, 0.2) is 42.5 Å². The van der Waals surface area contributed by atoms with E-state index < -0.39 is 8.07 Å². The third-order valence-corrected chi connectivity index (χ3v) is 7.28. The Bertz CT molecular complexity index is 587. The van der Waals surface area contributed by atoms with Gasteiger partial charge in [-0.3, -0.25) is 0 Å². The quantitative estimate of drug-likeness (QED) is 0.697. The number of hydrogen-bond acceptors (Lipinski definition) is 1. The minimum atomic E-state index is -1.52. The summed E-state index contributed by atoms with van der Waals surface area (Å²) in [6.07, 6.45) is 0. The molecule has 0 aliphatic carbocycles. The Hall–Kier alpha value is -1.54. The number of aryl methyl sites for hydroxylation is 1. The molecule has 1 nitrogen and oxygen atoms in total. The summed E-state index contributed by atoms with van der Waals surface area (Å²) in [6, 6.07) is 15.5. The van der Waals surface area contributed by atoms with Gasteiger partial charge in [-0.2, -0.15) is 0 Å². The summed E-state index contributed by atoms with van der Waals surface area (Å²) in [5.41, 5.74) is 3.92. The summed E-state index contributed by atoms with van der Waals surface area (Å²) in [5, 5.41) is 6.60. The minimum Gasteiger partial charge on any atom is -0.356 e. The van der Waals surface area contributed by atoms with E-state index in [1.807, 2.05) is 0 Å². The summed E-state index contributed by atoms with van der Waals surface area (Å²) in [7, 11) is -1.52. The van der Waals surface area contributed by atoms with Gasteiger partial charge in [0.05, 0.1) is 0 Å². The van der Waals surface area contributed by atoms with Crippen LogP contribution in [0.2, 0.25) is 13.1 Å². The maximum absolute atomic E-state index is 3.57. The Labute approximate surface area is 104 Å². The Morgan fingerprint density at radius 1 is 0.882 bits per heavy atom. The molecule has 3 rings (SSSR count). The SMILES string of the molecule is Cc1ccc2c(c1)Nc1ccccc1[Si]2(C)C. The molecule has 0 saturated carbocycles. The number of anilines is 2. The second-order valence-corrected chi connectivity index (χ2v) is 9.67. The van der Waals surface area contributed by atoms with E-state index in [1.165, 1.54) is 27.3 Å². The average Bonchev–Trinajstić information content (AvgIpc) is 2.28. The highest BCUT2D eigenvalue weighted by atomic mass is 28.3. The molecule has 0 amide bonds. The maximum Gasteiger partial charge on any atom is 0.117 e. The fourth-order valence-electron chi connectivity index (χ4n) is 2.73. The van der Waals surface area contributed by atoms with Crippen LogP contribution in [0.3, 0.4) is 0 Å². The van der Waals surface area contributed by atoms with Crippen molar-refractivity contribution in [2.45, 2.75) is 20.0 Å². The Kier molecular flexibility index (Phi) is 2.17. The highest BCUT2D eigenvalue weighted by molar-refractivity contribution is 7.02. The van der Waals surface area contributed by atoms with Gasteiger partial charge in [0.2, 0.25) is 0 Å². The highest BCUT2D eigenvalue weighted by Crippen LogP contribution is 2.25. The molecule has 1 heterocycles. The van der Waals surface area contributed by atoms with Crippen LogP contribution in [0, 0.1) is 6.92 Å². The molecule has 2 aromatic carbocycles. The normalized spacial score (nSPS) is 15.7. The van der Waals surface area contributed by atoms with Crippen molar-refractivity contribution in [1.82, 2.24) is 0 Å². The van der Waals surface area contributed by atoms with E-state index in [1.54, 1.807) is 0 Å². The van der Waals surface area contributed by atoms with E-state index >= 15 is 0 Å². The molecule has 0 saturated heterocycles. The Morgan fingerprint density at radius 2 is 1.59 bits per heavy atom. The van der Waals surface area contributed by atoms with Gasteiger partial charge in [-0.05, 0) is 35.0 Å². The average molecular weight is 239 g/mol. The molecule has 1 aliphatic heterocycles. The van der Waals surface area contributed by atoms with Gasteiger partial charge in [0.1, 0.15) is 8.07 Å². The van der Waals surface area contributed by atoms with E-state index in [0.29, 0.717) is 0 Å². The van der Waals surface area contributed by atoms with Crippen molar-refractivity contribution in [3.63, 3.8) is 0 Å². The molecule has 2 heteroatoms. The molecule has 2 aromatic rings. The van der Waals surface area contributed by atoms with Crippen molar-refractivity contribution >= 4 is 29.8 Å². The van der Waals surface area contributed by atoms with Crippen LogP contribution >= 0.6 is 0 Å². The van der Waals surface area contributed by atoms with Gasteiger partial charge in [0.25, 0.3) is 0 Å². The second-order valence-electron chi connectivity index (χ2n) is 5.34. The van der Waals surface area contributed by atoms with Crippen LogP contribution in [-0.2, 0) is 0 Å². The Balaban J connectivity index is 2.26. The van der Waals surface area contributed by atoms with Crippen LogP contribution in [0.1, 0.15) is 5.56 Å². The van der Waals surface area contributed by atoms with Gasteiger partial charge in [0.15, 0.2) is 0 Å². The lowest BCUT2D eigenvalue weighted by Crippen LogP contribution is -2.56. The lowest BCUT2D eigenvalue weighted by atomic mass is 10.2. The summed E-state index contributed by atoms with van der Waals surface area (Å²) in [6.45, 7) is 7.01. The molecular weight excluding hydrogens is 222 g/mol. The number of hydrogen-bond donors (Lipinski definition) is 1. The molecule has 0 bridgehead atoms. The highest BCUT2D eigenvalue weighted by Gasteiger charge is 2.34. The number of benzene rings is 2. The van der Waals surface area contributed by atoms with E-state index in [-0.39, 0.29) is 0 Å². The predicted molar refractivity (Wildman–Crippen MR) is 77.7 cm³/mol. The fraction of sp³-hybridized carbons (Fsp3) is 0.200. The standard InChI is InChI=1S/C15H17NSi/c1-11-8-9-15-13(10-11)16-12-6-4-5-7-14(12)17(15,2)3/h4-10,16H,1-3H3. The zero-order valence-corrected chi connectivity index (χ0v) is 11.5. The molecule has 1 N–H and O–H groups in total.